The Hall–Kier alpha value is -3.15. The minimum Gasteiger partial charge on any atom is -0.497 e. The summed E-state index contributed by atoms with van der Waals surface area (Å²) >= 11 is 0. The lowest BCUT2D eigenvalue weighted by Crippen LogP contribution is -2.33. The molecule has 0 atom stereocenters. The van der Waals surface area contributed by atoms with E-state index in [-0.39, 0.29) is 17.8 Å². The Morgan fingerprint density at radius 2 is 1.93 bits per heavy atom. The Morgan fingerprint density at radius 3 is 2.62 bits per heavy atom. The summed E-state index contributed by atoms with van der Waals surface area (Å²) in [5.41, 5.74) is 2.57. The van der Waals surface area contributed by atoms with Crippen LogP contribution in [0.5, 0.6) is 11.5 Å². The van der Waals surface area contributed by atoms with Crippen LogP contribution in [-0.4, -0.2) is 36.1 Å². The van der Waals surface area contributed by atoms with Gasteiger partial charge in [0, 0.05) is 23.1 Å². The van der Waals surface area contributed by atoms with Crippen molar-refractivity contribution in [2.24, 2.45) is 0 Å². The first kappa shape index (κ1) is 19.2. The summed E-state index contributed by atoms with van der Waals surface area (Å²) in [5, 5.41) is 0.745. The molecular weight excluding hydrogens is 371 g/mol. The highest BCUT2D eigenvalue weighted by molar-refractivity contribution is 5.99. The molecule has 3 aromatic rings. The summed E-state index contributed by atoms with van der Waals surface area (Å²) in [6.07, 6.45) is 1.95. The first-order chi connectivity index (χ1) is 14.0. The number of pyridine rings is 1. The summed E-state index contributed by atoms with van der Waals surface area (Å²) in [6, 6.07) is 12.0. The van der Waals surface area contributed by atoms with Crippen molar-refractivity contribution in [1.29, 1.82) is 0 Å². The van der Waals surface area contributed by atoms with Gasteiger partial charge in [-0.05, 0) is 56.2 Å². The average Bonchev–Trinajstić information content (AvgIpc) is 3.56. The van der Waals surface area contributed by atoms with Crippen LogP contribution in [0.4, 0.5) is 4.39 Å². The van der Waals surface area contributed by atoms with E-state index in [0.29, 0.717) is 29.1 Å². The van der Waals surface area contributed by atoms with Crippen molar-refractivity contribution in [2.45, 2.75) is 32.4 Å². The van der Waals surface area contributed by atoms with Crippen LogP contribution in [-0.2, 0) is 6.54 Å². The highest BCUT2D eigenvalue weighted by atomic mass is 19.1. The van der Waals surface area contributed by atoms with Gasteiger partial charge in [-0.1, -0.05) is 0 Å². The zero-order chi connectivity index (χ0) is 20.5. The van der Waals surface area contributed by atoms with Crippen molar-refractivity contribution in [3.63, 3.8) is 0 Å². The molecule has 0 radical (unpaired) electrons. The maximum absolute atomic E-state index is 13.5. The first-order valence-corrected chi connectivity index (χ1v) is 9.59. The van der Waals surface area contributed by atoms with E-state index < -0.39 is 0 Å². The smallest absolute Gasteiger partial charge is 0.256 e. The second-order valence-electron chi connectivity index (χ2n) is 7.30. The number of benzene rings is 2. The molecule has 1 aromatic heterocycles. The third kappa shape index (κ3) is 3.88. The molecular formula is C23H23FN2O3. The van der Waals surface area contributed by atoms with Gasteiger partial charge in [0.2, 0.25) is 0 Å². The fourth-order valence-electron chi connectivity index (χ4n) is 3.55. The van der Waals surface area contributed by atoms with Crippen molar-refractivity contribution < 1.29 is 18.7 Å². The highest BCUT2D eigenvalue weighted by Gasteiger charge is 2.34. The molecule has 0 unspecified atom stereocenters. The molecule has 4 rings (SSSR count). The number of aryl methyl sites for hydroxylation is 1. The van der Waals surface area contributed by atoms with E-state index in [1.54, 1.807) is 33.3 Å². The van der Waals surface area contributed by atoms with Gasteiger partial charge < -0.3 is 14.4 Å². The minimum absolute atomic E-state index is 0.0754. The summed E-state index contributed by atoms with van der Waals surface area (Å²) in [6.45, 7) is 2.21. The lowest BCUT2D eigenvalue weighted by molar-refractivity contribution is 0.0727. The van der Waals surface area contributed by atoms with E-state index in [0.717, 1.165) is 29.5 Å². The molecule has 1 saturated carbocycles. The average molecular weight is 394 g/mol. The van der Waals surface area contributed by atoms with Crippen molar-refractivity contribution in [3.8, 4) is 11.5 Å². The highest BCUT2D eigenvalue weighted by Crippen LogP contribution is 2.33. The number of ether oxygens (including phenoxy) is 2. The number of carbonyl (C=O) groups excluding carboxylic acids is 1. The third-order valence-corrected chi connectivity index (χ3v) is 5.28. The number of nitrogens with zero attached hydrogens (tertiary/aromatic N) is 2. The molecule has 1 aliphatic carbocycles. The molecule has 0 spiro atoms. The maximum Gasteiger partial charge on any atom is 0.256 e. The lowest BCUT2D eigenvalue weighted by Gasteiger charge is -2.24. The van der Waals surface area contributed by atoms with Gasteiger partial charge in [-0.2, -0.15) is 0 Å². The molecule has 5 nitrogen and oxygen atoms in total. The second kappa shape index (κ2) is 7.70. The lowest BCUT2D eigenvalue weighted by atomic mass is 10.1. The Labute approximate surface area is 169 Å². The molecule has 1 heterocycles. The van der Waals surface area contributed by atoms with E-state index in [4.69, 9.17) is 9.47 Å². The molecule has 2 aromatic carbocycles. The van der Waals surface area contributed by atoms with Gasteiger partial charge >= 0.3 is 0 Å². The number of rotatable bonds is 6. The van der Waals surface area contributed by atoms with Crippen molar-refractivity contribution in [3.05, 3.63) is 65.1 Å². The number of fused-ring (bicyclic) bond motifs is 1. The van der Waals surface area contributed by atoms with E-state index >= 15 is 0 Å². The van der Waals surface area contributed by atoms with Crippen LogP contribution in [0, 0.1) is 12.7 Å². The predicted octanol–water partition coefficient (Wildman–Crippen LogP) is 4.50. The van der Waals surface area contributed by atoms with Crippen LogP contribution in [0.15, 0.2) is 42.5 Å². The standard InChI is InChI=1S/C23H23FN2O3/c1-14-20(11-15-4-5-17(24)12-21(15)25-14)23(27)26(18-6-7-18)13-16-10-19(28-2)8-9-22(16)29-3/h4-5,8-12,18H,6-7,13H2,1-3H3. The normalized spacial score (nSPS) is 13.4. The molecule has 1 aliphatic rings. The van der Waals surface area contributed by atoms with E-state index in [1.807, 2.05) is 23.1 Å². The van der Waals surface area contributed by atoms with Gasteiger partial charge in [0.15, 0.2) is 0 Å². The van der Waals surface area contributed by atoms with Gasteiger partial charge in [0.05, 0.1) is 37.5 Å². The molecule has 29 heavy (non-hydrogen) atoms. The van der Waals surface area contributed by atoms with E-state index in [2.05, 4.69) is 4.98 Å². The molecule has 150 valence electrons. The van der Waals surface area contributed by atoms with Crippen LogP contribution >= 0.6 is 0 Å². The Kier molecular flexibility index (Phi) is 5.09. The SMILES string of the molecule is COc1ccc(OC)c(CN(C(=O)c2cc3ccc(F)cc3nc2C)C2CC2)c1. The van der Waals surface area contributed by atoms with Crippen LogP contribution in [0.3, 0.4) is 0 Å². The quantitative estimate of drug-likeness (QED) is 0.618. The topological polar surface area (TPSA) is 51.7 Å². The molecule has 0 aliphatic heterocycles. The summed E-state index contributed by atoms with van der Waals surface area (Å²) in [5.74, 6) is 1.02. The van der Waals surface area contributed by atoms with Crippen LogP contribution in [0.1, 0.15) is 34.5 Å². The predicted molar refractivity (Wildman–Crippen MR) is 109 cm³/mol. The number of amides is 1. The summed E-state index contributed by atoms with van der Waals surface area (Å²) in [7, 11) is 3.23. The number of hydrogen-bond donors (Lipinski definition) is 0. The monoisotopic (exact) mass is 394 g/mol. The largest absolute Gasteiger partial charge is 0.497 e. The summed E-state index contributed by atoms with van der Waals surface area (Å²) in [4.78, 5) is 19.8. The Morgan fingerprint density at radius 1 is 1.14 bits per heavy atom. The third-order valence-electron chi connectivity index (χ3n) is 5.28. The van der Waals surface area contributed by atoms with E-state index in [9.17, 15) is 9.18 Å². The van der Waals surface area contributed by atoms with Crippen LogP contribution < -0.4 is 9.47 Å². The Bertz CT molecular complexity index is 1080. The van der Waals surface area contributed by atoms with Crippen molar-refractivity contribution >= 4 is 16.8 Å². The Balaban J connectivity index is 1.70. The van der Waals surface area contributed by atoms with Crippen molar-refractivity contribution in [1.82, 2.24) is 9.88 Å². The molecule has 1 fully saturated rings. The maximum atomic E-state index is 13.5. The van der Waals surface area contributed by atoms with Gasteiger partial charge in [-0.3, -0.25) is 9.78 Å². The number of hydrogen-bond acceptors (Lipinski definition) is 4. The van der Waals surface area contributed by atoms with Crippen LogP contribution in [0.25, 0.3) is 10.9 Å². The zero-order valence-corrected chi connectivity index (χ0v) is 16.7. The van der Waals surface area contributed by atoms with Gasteiger partial charge in [-0.25, -0.2) is 4.39 Å². The zero-order valence-electron chi connectivity index (χ0n) is 16.7. The number of halogens is 1. The molecule has 1 amide bonds. The minimum atomic E-state index is -0.340. The first-order valence-electron chi connectivity index (χ1n) is 9.59. The van der Waals surface area contributed by atoms with Gasteiger partial charge in [-0.15, -0.1) is 0 Å². The molecule has 0 saturated heterocycles. The van der Waals surface area contributed by atoms with Gasteiger partial charge in [0.1, 0.15) is 17.3 Å². The fourth-order valence-corrected chi connectivity index (χ4v) is 3.55. The molecule has 6 heteroatoms. The van der Waals surface area contributed by atoms with Gasteiger partial charge in [0.25, 0.3) is 5.91 Å². The van der Waals surface area contributed by atoms with E-state index in [1.165, 1.54) is 12.1 Å². The number of aromatic nitrogens is 1. The number of carbonyl (C=O) groups is 1. The summed E-state index contributed by atoms with van der Waals surface area (Å²) < 4.78 is 24.3. The second-order valence-corrected chi connectivity index (χ2v) is 7.30. The van der Waals surface area contributed by atoms with Crippen LogP contribution in [0.2, 0.25) is 0 Å². The molecule has 0 N–H and O–H groups in total. The van der Waals surface area contributed by atoms with Crippen molar-refractivity contribution in [2.75, 3.05) is 14.2 Å². The molecule has 0 bridgehead atoms. The number of methoxy groups -OCH3 is 2. The fraction of sp³-hybridized carbons (Fsp3) is 0.304.